The number of halogens is 1. The molecule has 5 nitrogen and oxygen atoms in total. The van der Waals surface area contributed by atoms with E-state index in [1.54, 1.807) is 0 Å². The second kappa shape index (κ2) is 7.86. The summed E-state index contributed by atoms with van der Waals surface area (Å²) in [6.07, 6.45) is 0. The van der Waals surface area contributed by atoms with Crippen LogP contribution in [-0.4, -0.2) is 15.6 Å². The average Bonchev–Trinajstić information content (AvgIpc) is 3.00. The number of para-hydroxylation sites is 2. The zero-order valence-electron chi connectivity index (χ0n) is 15.3. The summed E-state index contributed by atoms with van der Waals surface area (Å²) >= 11 is 3.41. The Hall–Kier alpha value is -3.12. The second-order valence-corrected chi connectivity index (χ2v) is 7.50. The summed E-state index contributed by atoms with van der Waals surface area (Å²) in [6, 6.07) is 23.3. The van der Waals surface area contributed by atoms with Crippen LogP contribution in [0, 0.1) is 6.92 Å². The Labute approximate surface area is 171 Å². The van der Waals surface area contributed by atoms with Crippen molar-refractivity contribution in [2.75, 3.05) is 10.6 Å². The molecular weight excluding hydrogens is 416 g/mol. The van der Waals surface area contributed by atoms with Crippen LogP contribution >= 0.6 is 15.9 Å². The van der Waals surface area contributed by atoms with Crippen molar-refractivity contribution in [2.24, 2.45) is 0 Å². The third-order valence-electron chi connectivity index (χ3n) is 4.42. The molecule has 3 aromatic carbocycles. The second-order valence-electron chi connectivity index (χ2n) is 6.59. The summed E-state index contributed by atoms with van der Waals surface area (Å²) in [4.78, 5) is 17.1. The van der Waals surface area contributed by atoms with E-state index in [9.17, 15) is 4.79 Å². The number of nitrogens with one attached hydrogen (secondary N) is 2. The lowest BCUT2D eigenvalue weighted by molar-refractivity contribution is 0.262. The van der Waals surface area contributed by atoms with Crippen molar-refractivity contribution in [3.63, 3.8) is 0 Å². The van der Waals surface area contributed by atoms with Gasteiger partial charge in [-0.3, -0.25) is 5.32 Å². The average molecular weight is 435 g/mol. The van der Waals surface area contributed by atoms with Gasteiger partial charge < -0.3 is 9.88 Å². The number of benzene rings is 3. The third-order valence-corrected chi connectivity index (χ3v) is 4.92. The molecule has 0 aliphatic rings. The summed E-state index contributed by atoms with van der Waals surface area (Å²) in [6.45, 7) is 2.68. The monoisotopic (exact) mass is 434 g/mol. The molecule has 0 saturated heterocycles. The Morgan fingerprint density at radius 2 is 1.79 bits per heavy atom. The van der Waals surface area contributed by atoms with Crippen molar-refractivity contribution in [1.29, 1.82) is 0 Å². The largest absolute Gasteiger partial charge is 0.326 e. The standard InChI is InChI=1S/C22H19BrN4O/c1-15-9-11-16(12-10-15)14-27-20-8-3-2-7-19(20)25-21(27)26-22(28)24-18-6-4-5-17(23)13-18/h2-13H,14H2,1H3,(H2,24,25,26,28). The SMILES string of the molecule is Cc1ccc(Cn2c(NC(=O)Nc3cccc(Br)c3)nc3ccccc32)cc1. The lowest BCUT2D eigenvalue weighted by atomic mass is 10.1. The number of carbonyl (C=O) groups is 1. The van der Waals surface area contributed by atoms with Gasteiger partial charge >= 0.3 is 6.03 Å². The highest BCUT2D eigenvalue weighted by molar-refractivity contribution is 9.10. The van der Waals surface area contributed by atoms with Gasteiger partial charge in [-0.1, -0.05) is 64.0 Å². The molecule has 4 aromatic rings. The maximum Gasteiger partial charge on any atom is 0.326 e. The summed E-state index contributed by atoms with van der Waals surface area (Å²) in [5.74, 6) is 0.509. The van der Waals surface area contributed by atoms with E-state index in [0.29, 0.717) is 18.2 Å². The fourth-order valence-electron chi connectivity index (χ4n) is 3.04. The zero-order valence-corrected chi connectivity index (χ0v) is 16.9. The molecule has 1 heterocycles. The van der Waals surface area contributed by atoms with Crippen LogP contribution in [0.15, 0.2) is 77.3 Å². The van der Waals surface area contributed by atoms with E-state index in [1.807, 2.05) is 53.1 Å². The first kappa shape index (κ1) is 18.3. The van der Waals surface area contributed by atoms with Crippen LogP contribution in [0.4, 0.5) is 16.4 Å². The van der Waals surface area contributed by atoms with Gasteiger partial charge in [0.05, 0.1) is 17.6 Å². The molecule has 0 aliphatic heterocycles. The third kappa shape index (κ3) is 4.07. The molecule has 0 bridgehead atoms. The topological polar surface area (TPSA) is 59.0 Å². The van der Waals surface area contributed by atoms with Crippen molar-refractivity contribution in [3.05, 3.63) is 88.4 Å². The van der Waals surface area contributed by atoms with E-state index >= 15 is 0 Å². The molecule has 0 saturated carbocycles. The highest BCUT2D eigenvalue weighted by atomic mass is 79.9. The van der Waals surface area contributed by atoms with Gasteiger partial charge in [0.15, 0.2) is 0 Å². The molecule has 0 radical (unpaired) electrons. The van der Waals surface area contributed by atoms with Gasteiger partial charge in [0, 0.05) is 10.2 Å². The fraction of sp³-hybridized carbons (Fsp3) is 0.0909. The first-order valence-corrected chi connectivity index (χ1v) is 9.72. The normalized spacial score (nSPS) is 10.8. The Morgan fingerprint density at radius 1 is 1.00 bits per heavy atom. The number of aromatic nitrogens is 2. The molecule has 28 heavy (non-hydrogen) atoms. The van der Waals surface area contributed by atoms with Crippen molar-refractivity contribution < 1.29 is 4.79 Å². The summed E-state index contributed by atoms with van der Waals surface area (Å²) in [5, 5.41) is 5.73. The molecule has 0 spiro atoms. The Balaban J connectivity index is 1.62. The van der Waals surface area contributed by atoms with Crippen molar-refractivity contribution in [2.45, 2.75) is 13.5 Å². The molecule has 0 unspecified atom stereocenters. The van der Waals surface area contributed by atoms with Crippen LogP contribution in [0.3, 0.4) is 0 Å². The molecule has 2 N–H and O–H groups in total. The van der Waals surface area contributed by atoms with Crippen molar-refractivity contribution in [1.82, 2.24) is 9.55 Å². The Kier molecular flexibility index (Phi) is 5.12. The van der Waals surface area contributed by atoms with Crippen LogP contribution < -0.4 is 10.6 Å². The van der Waals surface area contributed by atoms with E-state index in [4.69, 9.17) is 0 Å². The number of fused-ring (bicyclic) bond motifs is 1. The summed E-state index contributed by atoms with van der Waals surface area (Å²) in [7, 11) is 0. The number of urea groups is 1. The number of aryl methyl sites for hydroxylation is 1. The van der Waals surface area contributed by atoms with E-state index < -0.39 is 0 Å². The summed E-state index contributed by atoms with van der Waals surface area (Å²) < 4.78 is 2.91. The number of rotatable bonds is 4. The molecule has 1 aromatic heterocycles. The highest BCUT2D eigenvalue weighted by Gasteiger charge is 2.14. The quantitative estimate of drug-likeness (QED) is 0.426. The lowest BCUT2D eigenvalue weighted by Crippen LogP contribution is -2.22. The highest BCUT2D eigenvalue weighted by Crippen LogP contribution is 2.22. The van der Waals surface area contributed by atoms with Crippen molar-refractivity contribution >= 4 is 44.6 Å². The van der Waals surface area contributed by atoms with Gasteiger partial charge in [0.1, 0.15) is 0 Å². The van der Waals surface area contributed by atoms with E-state index in [2.05, 4.69) is 62.7 Å². The molecule has 0 fully saturated rings. The predicted octanol–water partition coefficient (Wildman–Crippen LogP) is 5.80. The minimum atomic E-state index is -0.335. The van der Waals surface area contributed by atoms with Crippen LogP contribution in [0.25, 0.3) is 11.0 Å². The van der Waals surface area contributed by atoms with Crippen LogP contribution in [-0.2, 0) is 6.54 Å². The number of hydrogen-bond acceptors (Lipinski definition) is 2. The molecular formula is C22H19BrN4O. The Bertz CT molecular complexity index is 1130. The Morgan fingerprint density at radius 3 is 2.57 bits per heavy atom. The minimum Gasteiger partial charge on any atom is -0.308 e. The first-order chi connectivity index (χ1) is 13.6. The number of imidazole rings is 1. The van der Waals surface area contributed by atoms with Crippen molar-refractivity contribution in [3.8, 4) is 0 Å². The number of anilines is 2. The van der Waals surface area contributed by atoms with Gasteiger partial charge in [0.2, 0.25) is 5.95 Å². The van der Waals surface area contributed by atoms with Gasteiger partial charge in [-0.05, 0) is 42.8 Å². The lowest BCUT2D eigenvalue weighted by Gasteiger charge is -2.11. The molecule has 4 rings (SSSR count). The van der Waals surface area contributed by atoms with Gasteiger partial charge in [0.25, 0.3) is 0 Å². The zero-order chi connectivity index (χ0) is 19.5. The predicted molar refractivity (Wildman–Crippen MR) is 117 cm³/mol. The molecule has 2 amide bonds. The summed E-state index contributed by atoms with van der Waals surface area (Å²) in [5.41, 5.74) is 4.87. The van der Waals surface area contributed by atoms with E-state index in [0.717, 1.165) is 21.1 Å². The molecule has 0 aliphatic carbocycles. The molecule has 0 atom stereocenters. The van der Waals surface area contributed by atoms with Crippen LogP contribution in [0.5, 0.6) is 0 Å². The number of hydrogen-bond donors (Lipinski definition) is 2. The van der Waals surface area contributed by atoms with Crippen LogP contribution in [0.1, 0.15) is 11.1 Å². The number of carbonyl (C=O) groups excluding carboxylic acids is 1. The maximum absolute atomic E-state index is 12.5. The van der Waals surface area contributed by atoms with Gasteiger partial charge in [-0.2, -0.15) is 0 Å². The van der Waals surface area contributed by atoms with E-state index in [-0.39, 0.29) is 6.03 Å². The molecule has 6 heteroatoms. The van der Waals surface area contributed by atoms with Crippen LogP contribution in [0.2, 0.25) is 0 Å². The minimum absolute atomic E-state index is 0.335. The maximum atomic E-state index is 12.5. The number of nitrogens with zero attached hydrogens (tertiary/aromatic N) is 2. The fourth-order valence-corrected chi connectivity index (χ4v) is 3.44. The smallest absolute Gasteiger partial charge is 0.308 e. The number of amides is 2. The molecule has 140 valence electrons. The first-order valence-electron chi connectivity index (χ1n) is 8.93. The van der Waals surface area contributed by atoms with Gasteiger partial charge in [-0.25, -0.2) is 9.78 Å². The van der Waals surface area contributed by atoms with Gasteiger partial charge in [-0.15, -0.1) is 0 Å². The van der Waals surface area contributed by atoms with E-state index in [1.165, 1.54) is 5.56 Å².